The molecule has 2 aromatic rings. The highest BCUT2D eigenvalue weighted by Gasteiger charge is 2.27. The molecule has 0 aliphatic carbocycles. The highest BCUT2D eigenvalue weighted by Crippen LogP contribution is 2.19. The summed E-state index contributed by atoms with van der Waals surface area (Å²) in [6.07, 6.45) is 0.318. The van der Waals surface area contributed by atoms with Crippen molar-refractivity contribution in [3.63, 3.8) is 0 Å². The first-order chi connectivity index (χ1) is 11.6. The number of halogens is 1. The van der Waals surface area contributed by atoms with E-state index < -0.39 is 0 Å². The molecule has 128 valence electrons. The van der Waals surface area contributed by atoms with Crippen molar-refractivity contribution in [1.82, 2.24) is 20.8 Å². The number of rotatable bonds is 5. The molecule has 7 nitrogen and oxygen atoms in total. The second kappa shape index (κ2) is 7.74. The molecule has 1 aliphatic heterocycles. The summed E-state index contributed by atoms with van der Waals surface area (Å²) in [6.45, 7) is 3.60. The first-order valence-electron chi connectivity index (χ1n) is 7.85. The van der Waals surface area contributed by atoms with Crippen LogP contribution in [0.25, 0.3) is 11.4 Å². The largest absolute Gasteiger partial charge is 0.375 e. The molecule has 1 fully saturated rings. The summed E-state index contributed by atoms with van der Waals surface area (Å²) in [7, 11) is 0. The average molecular weight is 351 g/mol. The van der Waals surface area contributed by atoms with Gasteiger partial charge in [0.05, 0.1) is 12.7 Å². The smallest absolute Gasteiger partial charge is 0.239 e. The number of benzene rings is 1. The number of carbonyl (C=O) groups is 1. The minimum Gasteiger partial charge on any atom is -0.375 e. The molecule has 1 amide bonds. The summed E-state index contributed by atoms with van der Waals surface area (Å²) in [4.78, 5) is 16.4. The van der Waals surface area contributed by atoms with Gasteiger partial charge < -0.3 is 19.9 Å². The van der Waals surface area contributed by atoms with Gasteiger partial charge in [0.1, 0.15) is 6.04 Å². The third-order valence-electron chi connectivity index (χ3n) is 3.79. The van der Waals surface area contributed by atoms with E-state index in [1.807, 2.05) is 19.1 Å². The summed E-state index contributed by atoms with van der Waals surface area (Å²) >= 11 is 5.96. The summed E-state index contributed by atoms with van der Waals surface area (Å²) in [6, 6.07) is 6.91. The summed E-state index contributed by atoms with van der Waals surface area (Å²) in [5, 5.41) is 10.6. The molecule has 0 radical (unpaired) electrons. The third kappa shape index (κ3) is 4.11. The van der Waals surface area contributed by atoms with Gasteiger partial charge in [0, 0.05) is 30.1 Å². The van der Waals surface area contributed by atoms with Gasteiger partial charge in [-0.2, -0.15) is 4.98 Å². The molecule has 8 heteroatoms. The Balaban J connectivity index is 1.51. The number of carbonyl (C=O) groups excluding carboxylic acids is 1. The van der Waals surface area contributed by atoms with Crippen molar-refractivity contribution >= 4 is 17.5 Å². The zero-order valence-corrected chi connectivity index (χ0v) is 14.0. The lowest BCUT2D eigenvalue weighted by molar-refractivity contribution is -0.128. The van der Waals surface area contributed by atoms with Crippen LogP contribution in [0.15, 0.2) is 28.8 Å². The minimum atomic E-state index is -0.330. The molecule has 2 N–H and O–H groups in total. The third-order valence-corrected chi connectivity index (χ3v) is 4.02. The van der Waals surface area contributed by atoms with Crippen LogP contribution in [0.2, 0.25) is 5.02 Å². The van der Waals surface area contributed by atoms with E-state index in [0.717, 1.165) is 5.56 Å². The van der Waals surface area contributed by atoms with Crippen LogP contribution in [0.5, 0.6) is 0 Å². The maximum atomic E-state index is 12.1. The maximum absolute atomic E-state index is 12.1. The van der Waals surface area contributed by atoms with E-state index in [9.17, 15) is 4.79 Å². The average Bonchev–Trinajstić information content (AvgIpc) is 3.04. The van der Waals surface area contributed by atoms with Crippen molar-refractivity contribution in [3.8, 4) is 11.4 Å². The predicted molar refractivity (Wildman–Crippen MR) is 88.7 cm³/mol. The van der Waals surface area contributed by atoms with Gasteiger partial charge >= 0.3 is 0 Å². The molecule has 1 aromatic carbocycles. The molecule has 24 heavy (non-hydrogen) atoms. The van der Waals surface area contributed by atoms with Gasteiger partial charge in [-0.3, -0.25) is 4.79 Å². The van der Waals surface area contributed by atoms with E-state index >= 15 is 0 Å². The predicted octanol–water partition coefficient (Wildman–Crippen LogP) is 1.43. The second-order valence-corrected chi connectivity index (χ2v) is 6.01. The van der Waals surface area contributed by atoms with E-state index in [2.05, 4.69) is 20.8 Å². The molecule has 1 aromatic heterocycles. The monoisotopic (exact) mass is 350 g/mol. The van der Waals surface area contributed by atoms with Crippen molar-refractivity contribution < 1.29 is 14.1 Å². The van der Waals surface area contributed by atoms with Gasteiger partial charge in [0.2, 0.25) is 17.6 Å². The van der Waals surface area contributed by atoms with Crippen molar-refractivity contribution in [3.05, 3.63) is 35.2 Å². The Kier molecular flexibility index (Phi) is 5.44. The van der Waals surface area contributed by atoms with E-state index in [1.54, 1.807) is 12.1 Å². The highest BCUT2D eigenvalue weighted by molar-refractivity contribution is 6.30. The highest BCUT2D eigenvalue weighted by atomic mass is 35.5. The number of hydrogen-bond acceptors (Lipinski definition) is 6. The Bertz CT molecular complexity index is 706. The standard InChI is InChI=1S/C16H19ClN4O3/c1-10-14(18-7-8-23-10)16(22)19-6-5-13-20-15(21-24-13)11-3-2-4-12(17)9-11/h2-4,9-10,14,18H,5-8H2,1H3,(H,19,22)/t10-,14+/m1/s1. The molecule has 0 saturated carbocycles. The number of morpholine rings is 1. The molecule has 1 saturated heterocycles. The zero-order valence-electron chi connectivity index (χ0n) is 13.3. The Labute approximate surface area is 144 Å². The SMILES string of the molecule is C[C@H]1OCCN[C@@H]1C(=O)NCCc1nc(-c2cccc(Cl)c2)no1. The van der Waals surface area contributed by atoms with Crippen molar-refractivity contribution in [2.45, 2.75) is 25.5 Å². The van der Waals surface area contributed by atoms with E-state index in [1.165, 1.54) is 0 Å². The van der Waals surface area contributed by atoms with Gasteiger partial charge in [-0.15, -0.1) is 0 Å². The van der Waals surface area contributed by atoms with Crippen LogP contribution in [-0.2, 0) is 16.0 Å². The fourth-order valence-electron chi connectivity index (χ4n) is 2.53. The number of aromatic nitrogens is 2. The van der Waals surface area contributed by atoms with Gasteiger partial charge in [-0.25, -0.2) is 0 Å². The summed E-state index contributed by atoms with van der Waals surface area (Å²) < 4.78 is 10.7. The molecule has 2 atom stereocenters. The molecule has 1 aliphatic rings. The zero-order chi connectivity index (χ0) is 16.9. The molecule has 0 bridgehead atoms. The van der Waals surface area contributed by atoms with E-state index in [-0.39, 0.29) is 18.1 Å². The minimum absolute atomic E-state index is 0.0863. The van der Waals surface area contributed by atoms with Gasteiger partial charge in [-0.05, 0) is 19.1 Å². The molecular formula is C16H19ClN4O3. The topological polar surface area (TPSA) is 89.3 Å². The molecule has 0 spiro atoms. The number of ether oxygens (including phenoxy) is 1. The number of nitrogens with zero attached hydrogens (tertiary/aromatic N) is 2. The van der Waals surface area contributed by atoms with Crippen molar-refractivity contribution in [2.24, 2.45) is 0 Å². The first-order valence-corrected chi connectivity index (χ1v) is 8.22. The van der Waals surface area contributed by atoms with Crippen LogP contribution in [-0.4, -0.2) is 47.9 Å². The lowest BCUT2D eigenvalue weighted by Crippen LogP contribution is -2.55. The number of hydrogen-bond donors (Lipinski definition) is 2. The second-order valence-electron chi connectivity index (χ2n) is 5.57. The van der Waals surface area contributed by atoms with Crippen LogP contribution in [0, 0.1) is 0 Å². The lowest BCUT2D eigenvalue weighted by Gasteiger charge is -2.29. The lowest BCUT2D eigenvalue weighted by atomic mass is 10.1. The summed E-state index contributed by atoms with van der Waals surface area (Å²) in [5.41, 5.74) is 0.791. The Morgan fingerprint density at radius 3 is 3.17 bits per heavy atom. The maximum Gasteiger partial charge on any atom is 0.239 e. The van der Waals surface area contributed by atoms with Gasteiger partial charge in [0.25, 0.3) is 0 Å². The fourth-order valence-corrected chi connectivity index (χ4v) is 2.72. The van der Waals surface area contributed by atoms with Crippen molar-refractivity contribution in [1.29, 1.82) is 0 Å². The number of amides is 1. The van der Waals surface area contributed by atoms with Crippen LogP contribution < -0.4 is 10.6 Å². The normalized spacial score (nSPS) is 20.8. The van der Waals surface area contributed by atoms with Crippen LogP contribution in [0.4, 0.5) is 0 Å². The van der Waals surface area contributed by atoms with Gasteiger partial charge in [0.15, 0.2) is 0 Å². The Morgan fingerprint density at radius 1 is 1.50 bits per heavy atom. The van der Waals surface area contributed by atoms with E-state index in [4.69, 9.17) is 20.9 Å². The molecule has 0 unspecified atom stereocenters. The Hall–Kier alpha value is -1.96. The molecular weight excluding hydrogens is 332 g/mol. The first kappa shape index (κ1) is 16.9. The Morgan fingerprint density at radius 2 is 2.38 bits per heavy atom. The van der Waals surface area contributed by atoms with Gasteiger partial charge in [-0.1, -0.05) is 28.9 Å². The van der Waals surface area contributed by atoms with Crippen LogP contribution >= 0.6 is 11.6 Å². The van der Waals surface area contributed by atoms with Crippen LogP contribution in [0.3, 0.4) is 0 Å². The quantitative estimate of drug-likeness (QED) is 0.848. The summed E-state index contributed by atoms with van der Waals surface area (Å²) in [5.74, 6) is 0.859. The number of nitrogens with one attached hydrogen (secondary N) is 2. The fraction of sp³-hybridized carbons (Fsp3) is 0.438. The van der Waals surface area contributed by atoms with E-state index in [0.29, 0.717) is 42.9 Å². The van der Waals surface area contributed by atoms with Crippen molar-refractivity contribution in [2.75, 3.05) is 19.7 Å². The molecule has 3 rings (SSSR count). The van der Waals surface area contributed by atoms with Crippen LogP contribution in [0.1, 0.15) is 12.8 Å². The molecule has 2 heterocycles.